The van der Waals surface area contributed by atoms with Gasteiger partial charge in [0.1, 0.15) is 10.6 Å². The largest absolute Gasteiger partial charge is 0.495 e. The van der Waals surface area contributed by atoms with Gasteiger partial charge in [-0.3, -0.25) is 4.79 Å². The average molecular weight is 312 g/mol. The number of carbonyl (C=O) groups excluding carboxylic acids is 1. The summed E-state index contributed by atoms with van der Waals surface area (Å²) in [7, 11) is -2.14. The normalized spacial score (nSPS) is 16.8. The number of hydrogen-bond donors (Lipinski definition) is 0. The molecule has 116 valence electrons. The van der Waals surface area contributed by atoms with Crippen LogP contribution >= 0.6 is 0 Å². The molecular formula is C14H20N2O4S. The van der Waals surface area contributed by atoms with Crippen LogP contribution in [-0.2, 0) is 14.8 Å². The summed E-state index contributed by atoms with van der Waals surface area (Å²) in [5.41, 5.74) is 1.67. The van der Waals surface area contributed by atoms with E-state index >= 15 is 0 Å². The molecular weight excluding hydrogens is 292 g/mol. The number of ether oxygens (including phenoxy) is 1. The van der Waals surface area contributed by atoms with Crippen LogP contribution in [0.2, 0.25) is 0 Å². The fourth-order valence-corrected chi connectivity index (χ4v) is 4.29. The van der Waals surface area contributed by atoms with Crippen LogP contribution in [0.15, 0.2) is 17.0 Å². The van der Waals surface area contributed by atoms with Crippen molar-refractivity contribution in [1.82, 2.24) is 9.21 Å². The van der Waals surface area contributed by atoms with Gasteiger partial charge in [0.05, 0.1) is 7.11 Å². The van der Waals surface area contributed by atoms with Crippen molar-refractivity contribution in [3.8, 4) is 5.75 Å². The topological polar surface area (TPSA) is 66.9 Å². The molecule has 1 amide bonds. The molecule has 0 bridgehead atoms. The molecule has 1 aliphatic heterocycles. The number of benzene rings is 1. The van der Waals surface area contributed by atoms with Crippen LogP contribution in [0, 0.1) is 13.8 Å². The lowest BCUT2D eigenvalue weighted by Gasteiger charge is -2.32. The fraction of sp³-hybridized carbons (Fsp3) is 0.500. The van der Waals surface area contributed by atoms with Crippen molar-refractivity contribution in [1.29, 1.82) is 0 Å². The van der Waals surface area contributed by atoms with E-state index in [4.69, 9.17) is 4.74 Å². The summed E-state index contributed by atoms with van der Waals surface area (Å²) in [4.78, 5) is 12.5. The zero-order chi connectivity index (χ0) is 15.6. The highest BCUT2D eigenvalue weighted by atomic mass is 32.2. The number of nitrogens with zero attached hydrogens (tertiary/aromatic N) is 2. The molecule has 0 saturated carbocycles. The number of rotatable bonds is 4. The molecule has 1 aromatic rings. The average Bonchev–Trinajstić information content (AvgIpc) is 2.46. The van der Waals surface area contributed by atoms with E-state index in [-0.39, 0.29) is 4.90 Å². The number of methoxy groups -OCH3 is 1. The van der Waals surface area contributed by atoms with Gasteiger partial charge < -0.3 is 9.64 Å². The van der Waals surface area contributed by atoms with Crippen molar-refractivity contribution in [3.05, 3.63) is 23.3 Å². The Labute approximate surface area is 125 Å². The number of piperazine rings is 1. The molecule has 21 heavy (non-hydrogen) atoms. The van der Waals surface area contributed by atoms with E-state index in [2.05, 4.69) is 0 Å². The Morgan fingerprint density at radius 2 is 1.76 bits per heavy atom. The van der Waals surface area contributed by atoms with Gasteiger partial charge in [-0.1, -0.05) is 6.07 Å². The molecule has 1 heterocycles. The number of sulfonamides is 1. The van der Waals surface area contributed by atoms with Crippen LogP contribution in [0.1, 0.15) is 11.1 Å². The Balaban J connectivity index is 2.38. The van der Waals surface area contributed by atoms with E-state index in [0.717, 1.165) is 17.5 Å². The lowest BCUT2D eigenvalue weighted by Crippen LogP contribution is -2.48. The Kier molecular flexibility index (Phi) is 4.53. The molecule has 0 aromatic heterocycles. The lowest BCUT2D eigenvalue weighted by atomic mass is 10.1. The molecule has 6 nitrogen and oxygen atoms in total. The highest BCUT2D eigenvalue weighted by molar-refractivity contribution is 7.89. The first-order valence-corrected chi connectivity index (χ1v) is 8.19. The smallest absolute Gasteiger partial charge is 0.246 e. The molecule has 1 saturated heterocycles. The summed E-state index contributed by atoms with van der Waals surface area (Å²) in [6.07, 6.45) is 0.751. The Hall–Kier alpha value is -1.60. The quantitative estimate of drug-likeness (QED) is 0.770. The van der Waals surface area contributed by atoms with Gasteiger partial charge in [0, 0.05) is 26.2 Å². The Morgan fingerprint density at radius 1 is 1.14 bits per heavy atom. The predicted molar refractivity (Wildman–Crippen MR) is 78.9 cm³/mol. The van der Waals surface area contributed by atoms with E-state index in [1.165, 1.54) is 11.4 Å². The van der Waals surface area contributed by atoms with Gasteiger partial charge in [0.15, 0.2) is 0 Å². The van der Waals surface area contributed by atoms with Crippen LogP contribution < -0.4 is 4.74 Å². The van der Waals surface area contributed by atoms with Gasteiger partial charge in [0.25, 0.3) is 0 Å². The van der Waals surface area contributed by atoms with Crippen molar-refractivity contribution >= 4 is 16.4 Å². The number of hydrogen-bond acceptors (Lipinski definition) is 4. The van der Waals surface area contributed by atoms with E-state index in [0.29, 0.717) is 31.9 Å². The Bertz CT molecular complexity index is 635. The minimum Gasteiger partial charge on any atom is -0.495 e. The fourth-order valence-electron chi connectivity index (χ4n) is 2.56. The second-order valence-electron chi connectivity index (χ2n) is 5.16. The minimum absolute atomic E-state index is 0.196. The SMILES string of the molecule is COc1c(C)cc(C)cc1S(=O)(=O)N1CCN(C=O)CC1. The first kappa shape index (κ1) is 15.8. The van der Waals surface area contributed by atoms with Crippen molar-refractivity contribution in [2.75, 3.05) is 33.3 Å². The molecule has 0 radical (unpaired) electrons. The standard InChI is InChI=1S/C14H20N2O4S/c1-11-8-12(2)14(20-3)13(9-11)21(18,19)16-6-4-15(10-17)5-7-16/h8-10H,4-7H2,1-3H3. The molecule has 1 aromatic carbocycles. The monoisotopic (exact) mass is 312 g/mol. The third-order valence-corrected chi connectivity index (χ3v) is 5.53. The summed E-state index contributed by atoms with van der Waals surface area (Å²) in [6, 6.07) is 3.52. The van der Waals surface area contributed by atoms with Crippen LogP contribution in [0.4, 0.5) is 0 Å². The number of amides is 1. The maximum Gasteiger partial charge on any atom is 0.246 e. The summed E-state index contributed by atoms with van der Waals surface area (Å²) in [5.74, 6) is 0.387. The predicted octanol–water partition coefficient (Wildman–Crippen LogP) is 0.775. The van der Waals surface area contributed by atoms with Gasteiger partial charge in [-0.2, -0.15) is 4.31 Å². The van der Waals surface area contributed by atoms with Crippen LogP contribution in [0.5, 0.6) is 5.75 Å². The van der Waals surface area contributed by atoms with Crippen molar-refractivity contribution in [3.63, 3.8) is 0 Å². The third-order valence-electron chi connectivity index (χ3n) is 3.63. The molecule has 2 rings (SSSR count). The Morgan fingerprint density at radius 3 is 2.29 bits per heavy atom. The van der Waals surface area contributed by atoms with E-state index in [9.17, 15) is 13.2 Å². The first-order valence-electron chi connectivity index (χ1n) is 6.75. The van der Waals surface area contributed by atoms with Gasteiger partial charge in [-0.15, -0.1) is 0 Å². The van der Waals surface area contributed by atoms with Gasteiger partial charge in [0.2, 0.25) is 16.4 Å². The molecule has 1 fully saturated rings. The molecule has 1 aliphatic rings. The number of carbonyl (C=O) groups is 1. The van der Waals surface area contributed by atoms with E-state index < -0.39 is 10.0 Å². The maximum atomic E-state index is 12.8. The van der Waals surface area contributed by atoms with Gasteiger partial charge >= 0.3 is 0 Å². The van der Waals surface area contributed by atoms with Crippen molar-refractivity contribution < 1.29 is 17.9 Å². The van der Waals surface area contributed by atoms with Gasteiger partial charge in [-0.25, -0.2) is 8.42 Å². The molecule has 0 N–H and O–H groups in total. The van der Waals surface area contributed by atoms with Crippen molar-refractivity contribution in [2.45, 2.75) is 18.7 Å². The second kappa shape index (κ2) is 6.03. The summed E-state index contributed by atoms with van der Waals surface area (Å²) in [5, 5.41) is 0. The zero-order valence-corrected chi connectivity index (χ0v) is 13.3. The summed E-state index contributed by atoms with van der Waals surface area (Å²) >= 11 is 0. The van der Waals surface area contributed by atoms with E-state index in [1.807, 2.05) is 19.9 Å². The highest BCUT2D eigenvalue weighted by Gasteiger charge is 2.31. The maximum absolute atomic E-state index is 12.8. The molecule has 0 aliphatic carbocycles. The second-order valence-corrected chi connectivity index (χ2v) is 7.07. The molecule has 0 atom stereocenters. The molecule has 0 spiro atoms. The van der Waals surface area contributed by atoms with Crippen molar-refractivity contribution in [2.24, 2.45) is 0 Å². The van der Waals surface area contributed by atoms with Gasteiger partial charge in [-0.05, 0) is 31.0 Å². The number of aryl methyl sites for hydroxylation is 2. The summed E-state index contributed by atoms with van der Waals surface area (Å²) in [6.45, 7) is 5.12. The first-order chi connectivity index (χ1) is 9.90. The summed E-state index contributed by atoms with van der Waals surface area (Å²) < 4.78 is 32.3. The van der Waals surface area contributed by atoms with Crippen LogP contribution in [0.25, 0.3) is 0 Å². The molecule has 7 heteroatoms. The van der Waals surface area contributed by atoms with Crippen LogP contribution in [-0.4, -0.2) is 57.3 Å². The van der Waals surface area contributed by atoms with Crippen LogP contribution in [0.3, 0.4) is 0 Å². The molecule has 0 unspecified atom stereocenters. The minimum atomic E-state index is -3.62. The highest BCUT2D eigenvalue weighted by Crippen LogP contribution is 2.31. The van der Waals surface area contributed by atoms with E-state index in [1.54, 1.807) is 11.0 Å². The lowest BCUT2D eigenvalue weighted by molar-refractivity contribution is -0.119. The zero-order valence-electron chi connectivity index (χ0n) is 12.5. The third kappa shape index (κ3) is 3.03.